The molecular formula is C24H21F3N2O2. The van der Waals surface area contributed by atoms with Gasteiger partial charge >= 0.3 is 6.18 Å². The van der Waals surface area contributed by atoms with E-state index in [0.717, 1.165) is 16.8 Å². The summed E-state index contributed by atoms with van der Waals surface area (Å²) in [5.41, 5.74) is -0.331. The lowest BCUT2D eigenvalue weighted by molar-refractivity contribution is -0.275. The first-order valence-corrected chi connectivity index (χ1v) is 9.71. The summed E-state index contributed by atoms with van der Waals surface area (Å²) >= 11 is 0. The molecule has 1 N–H and O–H groups in total. The average molecular weight is 426 g/mol. The van der Waals surface area contributed by atoms with E-state index in [1.807, 2.05) is 50.2 Å². The zero-order valence-electron chi connectivity index (χ0n) is 17.0. The molecule has 0 saturated carbocycles. The molecule has 0 fully saturated rings. The van der Waals surface area contributed by atoms with Gasteiger partial charge in [-0.05, 0) is 66.9 Å². The van der Waals surface area contributed by atoms with Gasteiger partial charge in [0.2, 0.25) is 5.60 Å². The highest BCUT2D eigenvalue weighted by molar-refractivity contribution is 5.81. The van der Waals surface area contributed by atoms with Crippen molar-refractivity contribution in [2.75, 3.05) is 6.61 Å². The number of halogens is 3. The number of aromatic nitrogens is 2. The van der Waals surface area contributed by atoms with Gasteiger partial charge in [-0.25, -0.2) is 4.68 Å². The molecular weight excluding hydrogens is 405 g/mol. The Kier molecular flexibility index (Phi) is 5.23. The summed E-state index contributed by atoms with van der Waals surface area (Å²) in [6.07, 6.45) is -3.46. The van der Waals surface area contributed by atoms with Crippen molar-refractivity contribution in [3.8, 4) is 11.4 Å². The van der Waals surface area contributed by atoms with Crippen LogP contribution in [0.1, 0.15) is 16.7 Å². The van der Waals surface area contributed by atoms with E-state index >= 15 is 0 Å². The number of aryl methyl sites for hydroxylation is 2. The predicted molar refractivity (Wildman–Crippen MR) is 112 cm³/mol. The number of fused-ring (bicyclic) bond motifs is 1. The maximum atomic E-state index is 14.0. The highest BCUT2D eigenvalue weighted by Crippen LogP contribution is 2.40. The van der Waals surface area contributed by atoms with Crippen molar-refractivity contribution < 1.29 is 23.0 Å². The van der Waals surface area contributed by atoms with Gasteiger partial charge in [-0.2, -0.15) is 18.3 Å². The zero-order chi connectivity index (χ0) is 22.2. The molecule has 31 heavy (non-hydrogen) atoms. The third-order valence-electron chi connectivity index (χ3n) is 5.16. The Morgan fingerprint density at radius 2 is 1.61 bits per heavy atom. The van der Waals surface area contributed by atoms with Crippen LogP contribution in [0.3, 0.4) is 0 Å². The second kappa shape index (κ2) is 7.74. The molecule has 1 atom stereocenters. The van der Waals surface area contributed by atoms with E-state index < -0.39 is 18.4 Å². The summed E-state index contributed by atoms with van der Waals surface area (Å²) in [4.78, 5) is 0. The molecule has 4 rings (SSSR count). The monoisotopic (exact) mass is 426 g/mol. The van der Waals surface area contributed by atoms with E-state index in [9.17, 15) is 18.3 Å². The fourth-order valence-corrected chi connectivity index (χ4v) is 3.60. The van der Waals surface area contributed by atoms with Crippen molar-refractivity contribution >= 4 is 10.9 Å². The minimum absolute atomic E-state index is 0.276. The molecule has 0 aliphatic rings. The van der Waals surface area contributed by atoms with Crippen LogP contribution in [0.25, 0.3) is 16.6 Å². The predicted octanol–water partition coefficient (Wildman–Crippen LogP) is 5.47. The molecule has 1 unspecified atom stereocenters. The smallest absolute Gasteiger partial charge is 0.424 e. The van der Waals surface area contributed by atoms with E-state index in [1.165, 1.54) is 24.4 Å². The number of hydrogen-bond donors (Lipinski definition) is 1. The molecule has 4 nitrogen and oxygen atoms in total. The molecule has 0 amide bonds. The second-order valence-electron chi connectivity index (χ2n) is 7.64. The molecule has 160 valence electrons. The lowest BCUT2D eigenvalue weighted by Crippen LogP contribution is -2.47. The summed E-state index contributed by atoms with van der Waals surface area (Å²) < 4.78 is 49.0. The van der Waals surface area contributed by atoms with Crippen LogP contribution in [0.15, 0.2) is 72.9 Å². The standard InChI is InChI=1S/C24H21F3N2O2/c1-16-10-17(2)12-21(11-16)31-15-23(30,24(25,26)27)19-8-9-22-18(13-19)14-28-29(22)20-6-4-3-5-7-20/h3-14,30H,15H2,1-2H3. The first-order chi connectivity index (χ1) is 14.7. The zero-order valence-corrected chi connectivity index (χ0v) is 17.0. The Labute approximate surface area is 177 Å². The van der Waals surface area contributed by atoms with Crippen molar-refractivity contribution in [2.24, 2.45) is 0 Å². The minimum Gasteiger partial charge on any atom is -0.490 e. The SMILES string of the molecule is Cc1cc(C)cc(OCC(O)(c2ccc3c(cnn3-c3ccccc3)c2)C(F)(F)F)c1. The molecule has 1 heterocycles. The number of alkyl halides is 3. The Morgan fingerprint density at radius 1 is 0.935 bits per heavy atom. The van der Waals surface area contributed by atoms with E-state index in [2.05, 4.69) is 5.10 Å². The van der Waals surface area contributed by atoms with Gasteiger partial charge < -0.3 is 9.84 Å². The first-order valence-electron chi connectivity index (χ1n) is 9.71. The Hall–Kier alpha value is -3.32. The van der Waals surface area contributed by atoms with Crippen molar-refractivity contribution in [3.63, 3.8) is 0 Å². The summed E-state index contributed by atoms with van der Waals surface area (Å²) in [6.45, 7) is 2.69. The van der Waals surface area contributed by atoms with Gasteiger partial charge in [-0.1, -0.05) is 30.3 Å². The summed E-state index contributed by atoms with van der Waals surface area (Å²) in [5, 5.41) is 15.5. The number of para-hydroxylation sites is 1. The Morgan fingerprint density at radius 3 is 2.26 bits per heavy atom. The van der Waals surface area contributed by atoms with Crippen LogP contribution in [0.2, 0.25) is 0 Å². The molecule has 3 aromatic carbocycles. The largest absolute Gasteiger partial charge is 0.490 e. The summed E-state index contributed by atoms with van der Waals surface area (Å²) in [7, 11) is 0. The minimum atomic E-state index is -4.94. The summed E-state index contributed by atoms with van der Waals surface area (Å²) in [6, 6.07) is 18.5. The Balaban J connectivity index is 1.70. The number of rotatable bonds is 5. The summed E-state index contributed by atoms with van der Waals surface area (Å²) in [5.74, 6) is 0.276. The highest BCUT2D eigenvalue weighted by Gasteiger charge is 2.56. The number of aliphatic hydroxyl groups is 1. The lowest BCUT2D eigenvalue weighted by atomic mass is 9.93. The molecule has 0 radical (unpaired) electrons. The fourth-order valence-electron chi connectivity index (χ4n) is 3.60. The molecule has 1 aromatic heterocycles. The van der Waals surface area contributed by atoms with Gasteiger partial charge in [-0.15, -0.1) is 0 Å². The number of hydrogen-bond acceptors (Lipinski definition) is 3. The number of benzene rings is 3. The molecule has 7 heteroatoms. The fraction of sp³-hybridized carbons (Fsp3) is 0.208. The first kappa shape index (κ1) is 20.9. The second-order valence-corrected chi connectivity index (χ2v) is 7.64. The van der Waals surface area contributed by atoms with Crippen molar-refractivity contribution in [1.82, 2.24) is 9.78 Å². The van der Waals surface area contributed by atoms with Crippen LogP contribution < -0.4 is 4.74 Å². The maximum Gasteiger partial charge on any atom is 0.424 e. The normalized spacial score (nSPS) is 13.9. The molecule has 0 aliphatic carbocycles. The van der Waals surface area contributed by atoms with Crippen LogP contribution in [0.4, 0.5) is 13.2 Å². The third-order valence-corrected chi connectivity index (χ3v) is 5.16. The van der Waals surface area contributed by atoms with Crippen LogP contribution in [0, 0.1) is 13.8 Å². The lowest BCUT2D eigenvalue weighted by Gasteiger charge is -2.31. The van der Waals surface area contributed by atoms with Gasteiger partial charge in [-0.3, -0.25) is 0 Å². The molecule has 0 bridgehead atoms. The van der Waals surface area contributed by atoms with Gasteiger partial charge in [0.25, 0.3) is 0 Å². The van der Waals surface area contributed by atoms with E-state index in [0.29, 0.717) is 10.9 Å². The van der Waals surface area contributed by atoms with E-state index in [1.54, 1.807) is 16.8 Å². The van der Waals surface area contributed by atoms with Crippen LogP contribution in [0.5, 0.6) is 5.75 Å². The van der Waals surface area contributed by atoms with Gasteiger partial charge in [0.1, 0.15) is 12.4 Å². The molecule has 0 saturated heterocycles. The molecule has 0 spiro atoms. The van der Waals surface area contributed by atoms with E-state index in [4.69, 9.17) is 4.74 Å². The van der Waals surface area contributed by atoms with Crippen molar-refractivity contribution in [1.29, 1.82) is 0 Å². The van der Waals surface area contributed by atoms with Gasteiger partial charge in [0.05, 0.1) is 17.4 Å². The van der Waals surface area contributed by atoms with Gasteiger partial charge in [0.15, 0.2) is 0 Å². The molecule has 4 aromatic rings. The number of nitrogens with zero attached hydrogens (tertiary/aromatic N) is 2. The van der Waals surface area contributed by atoms with Gasteiger partial charge in [0, 0.05) is 5.39 Å². The van der Waals surface area contributed by atoms with Crippen LogP contribution in [-0.2, 0) is 5.60 Å². The Bertz CT molecular complexity index is 1200. The third kappa shape index (κ3) is 4.01. The quantitative estimate of drug-likeness (QED) is 0.460. The highest BCUT2D eigenvalue weighted by atomic mass is 19.4. The van der Waals surface area contributed by atoms with Crippen molar-refractivity contribution in [3.05, 3.63) is 89.6 Å². The van der Waals surface area contributed by atoms with Crippen molar-refractivity contribution in [2.45, 2.75) is 25.6 Å². The van der Waals surface area contributed by atoms with Crippen LogP contribution >= 0.6 is 0 Å². The number of ether oxygens (including phenoxy) is 1. The van der Waals surface area contributed by atoms with Crippen LogP contribution in [-0.4, -0.2) is 27.7 Å². The van der Waals surface area contributed by atoms with E-state index in [-0.39, 0.29) is 11.3 Å². The topological polar surface area (TPSA) is 47.3 Å². The average Bonchev–Trinajstić information content (AvgIpc) is 3.14. The molecule has 0 aliphatic heterocycles. The maximum absolute atomic E-state index is 14.0.